The van der Waals surface area contributed by atoms with Gasteiger partial charge in [-0.15, -0.1) is 0 Å². The van der Waals surface area contributed by atoms with Gasteiger partial charge in [0, 0.05) is 32.8 Å². The molecule has 1 aliphatic rings. The average Bonchev–Trinajstić information content (AvgIpc) is 2.77. The Balaban J connectivity index is 1.89. The van der Waals surface area contributed by atoms with E-state index in [1.165, 1.54) is 12.1 Å². The molecule has 94 valence electrons. The third kappa shape index (κ3) is 3.25. The maximum absolute atomic E-state index is 12.8. The normalized spacial score (nSPS) is 22.9. The Morgan fingerprint density at radius 2 is 2.18 bits per heavy atom. The molecule has 1 saturated heterocycles. The zero-order chi connectivity index (χ0) is 12.3. The smallest absolute Gasteiger partial charge is 0.123 e. The van der Waals surface area contributed by atoms with Crippen molar-refractivity contribution in [2.75, 3.05) is 26.7 Å². The number of likely N-dealkylation sites (tertiary alicyclic amines) is 1. The van der Waals surface area contributed by atoms with Crippen LogP contribution in [-0.4, -0.2) is 37.7 Å². The van der Waals surface area contributed by atoms with Gasteiger partial charge in [0.05, 0.1) is 6.10 Å². The molecule has 3 nitrogen and oxygen atoms in total. The maximum atomic E-state index is 12.8. The fourth-order valence-electron chi connectivity index (χ4n) is 2.25. The van der Waals surface area contributed by atoms with Crippen LogP contribution < -0.4 is 5.73 Å². The largest absolute Gasteiger partial charge is 0.380 e. The fourth-order valence-corrected chi connectivity index (χ4v) is 2.25. The summed E-state index contributed by atoms with van der Waals surface area (Å²) in [5.41, 5.74) is 7.09. The minimum atomic E-state index is -0.221. The Hall–Kier alpha value is -0.970. The minimum absolute atomic E-state index is 0.0637. The van der Waals surface area contributed by atoms with Gasteiger partial charge in [-0.25, -0.2) is 4.39 Å². The number of rotatable bonds is 4. The van der Waals surface area contributed by atoms with Gasteiger partial charge in [0.25, 0.3) is 0 Å². The molecule has 2 N–H and O–H groups in total. The van der Waals surface area contributed by atoms with Crippen molar-refractivity contribution in [2.24, 2.45) is 5.73 Å². The van der Waals surface area contributed by atoms with Gasteiger partial charge >= 0.3 is 0 Å². The zero-order valence-corrected chi connectivity index (χ0v) is 10.1. The molecule has 2 atom stereocenters. The molecule has 2 unspecified atom stereocenters. The van der Waals surface area contributed by atoms with Crippen molar-refractivity contribution in [3.63, 3.8) is 0 Å². The molecule has 1 aromatic carbocycles. The summed E-state index contributed by atoms with van der Waals surface area (Å²) in [5.74, 6) is -0.221. The highest BCUT2D eigenvalue weighted by Crippen LogP contribution is 2.17. The first kappa shape index (κ1) is 12.5. The Morgan fingerprint density at radius 1 is 1.47 bits per heavy atom. The minimum Gasteiger partial charge on any atom is -0.380 e. The predicted octanol–water partition coefficient (Wildman–Crippen LogP) is 1.55. The maximum Gasteiger partial charge on any atom is 0.123 e. The lowest BCUT2D eigenvalue weighted by Gasteiger charge is -2.20. The second-order valence-electron chi connectivity index (χ2n) is 4.56. The van der Waals surface area contributed by atoms with Crippen molar-refractivity contribution in [1.29, 1.82) is 0 Å². The summed E-state index contributed by atoms with van der Waals surface area (Å²) in [5, 5.41) is 0. The number of nitrogens with two attached hydrogens (primary N) is 1. The molecule has 1 fully saturated rings. The second-order valence-corrected chi connectivity index (χ2v) is 4.56. The van der Waals surface area contributed by atoms with Gasteiger partial charge in [-0.05, 0) is 24.1 Å². The second kappa shape index (κ2) is 5.58. The monoisotopic (exact) mass is 238 g/mol. The van der Waals surface area contributed by atoms with Crippen LogP contribution in [0.5, 0.6) is 0 Å². The summed E-state index contributed by atoms with van der Waals surface area (Å²) in [4.78, 5) is 2.29. The highest BCUT2D eigenvalue weighted by Gasteiger charge is 2.23. The van der Waals surface area contributed by atoms with Gasteiger partial charge < -0.3 is 10.5 Å². The summed E-state index contributed by atoms with van der Waals surface area (Å²) in [6.07, 6.45) is 1.39. The van der Waals surface area contributed by atoms with Gasteiger partial charge in [-0.2, -0.15) is 0 Å². The van der Waals surface area contributed by atoms with E-state index in [-0.39, 0.29) is 11.9 Å². The number of hydrogen-bond acceptors (Lipinski definition) is 3. The number of ether oxygens (including phenoxy) is 1. The lowest BCUT2D eigenvalue weighted by atomic mass is 10.1. The van der Waals surface area contributed by atoms with Crippen molar-refractivity contribution in [1.82, 2.24) is 4.90 Å². The number of methoxy groups -OCH3 is 1. The molecule has 0 aromatic heterocycles. The Bertz CT molecular complexity index is 355. The van der Waals surface area contributed by atoms with Crippen molar-refractivity contribution in [3.8, 4) is 0 Å². The van der Waals surface area contributed by atoms with Gasteiger partial charge in [0.2, 0.25) is 0 Å². The SMILES string of the molecule is COC1CCN(CC(N)c2ccc(F)cc2)C1. The molecule has 1 aliphatic heterocycles. The molecule has 0 spiro atoms. The first-order valence-electron chi connectivity index (χ1n) is 5.95. The van der Waals surface area contributed by atoms with E-state index >= 15 is 0 Å². The van der Waals surface area contributed by atoms with Crippen LogP contribution in [0.3, 0.4) is 0 Å². The molecule has 0 radical (unpaired) electrons. The van der Waals surface area contributed by atoms with Crippen molar-refractivity contribution < 1.29 is 9.13 Å². The van der Waals surface area contributed by atoms with Crippen LogP contribution in [-0.2, 0) is 4.74 Å². The van der Waals surface area contributed by atoms with E-state index in [2.05, 4.69) is 4.90 Å². The molecule has 2 rings (SSSR count). The summed E-state index contributed by atoms with van der Waals surface area (Å²) in [6.45, 7) is 2.75. The highest BCUT2D eigenvalue weighted by molar-refractivity contribution is 5.19. The van der Waals surface area contributed by atoms with E-state index in [9.17, 15) is 4.39 Å². The third-order valence-corrected chi connectivity index (χ3v) is 3.32. The van der Waals surface area contributed by atoms with Crippen LogP contribution >= 0.6 is 0 Å². The lowest BCUT2D eigenvalue weighted by molar-refractivity contribution is 0.107. The van der Waals surface area contributed by atoms with Gasteiger partial charge in [0.1, 0.15) is 5.82 Å². The quantitative estimate of drug-likeness (QED) is 0.865. The van der Waals surface area contributed by atoms with E-state index in [4.69, 9.17) is 10.5 Å². The summed E-state index contributed by atoms with van der Waals surface area (Å²) < 4.78 is 18.1. The van der Waals surface area contributed by atoms with Crippen LogP contribution in [0.15, 0.2) is 24.3 Å². The van der Waals surface area contributed by atoms with Gasteiger partial charge in [-0.1, -0.05) is 12.1 Å². The molecule has 1 aromatic rings. The topological polar surface area (TPSA) is 38.5 Å². The average molecular weight is 238 g/mol. The van der Waals surface area contributed by atoms with Crippen LogP contribution in [0.4, 0.5) is 4.39 Å². The summed E-state index contributed by atoms with van der Waals surface area (Å²) in [6, 6.07) is 6.35. The van der Waals surface area contributed by atoms with E-state index in [0.717, 1.165) is 31.6 Å². The molecule has 1 heterocycles. The molecule has 17 heavy (non-hydrogen) atoms. The Morgan fingerprint density at radius 3 is 2.76 bits per heavy atom. The Labute approximate surface area is 101 Å². The predicted molar refractivity (Wildman–Crippen MR) is 65.2 cm³/mol. The van der Waals surface area contributed by atoms with Crippen molar-refractivity contribution >= 4 is 0 Å². The Kier molecular flexibility index (Phi) is 4.10. The number of halogens is 1. The number of benzene rings is 1. The summed E-state index contributed by atoms with van der Waals surface area (Å²) >= 11 is 0. The summed E-state index contributed by atoms with van der Waals surface area (Å²) in [7, 11) is 1.74. The number of hydrogen-bond donors (Lipinski definition) is 1. The number of nitrogens with zero attached hydrogens (tertiary/aromatic N) is 1. The zero-order valence-electron chi connectivity index (χ0n) is 10.1. The molecule has 0 saturated carbocycles. The first-order valence-corrected chi connectivity index (χ1v) is 5.95. The fraction of sp³-hybridized carbons (Fsp3) is 0.538. The lowest BCUT2D eigenvalue weighted by Crippen LogP contribution is -2.31. The van der Waals surface area contributed by atoms with E-state index in [1.54, 1.807) is 19.2 Å². The van der Waals surface area contributed by atoms with Crippen molar-refractivity contribution in [3.05, 3.63) is 35.6 Å². The molecule has 0 aliphatic carbocycles. The highest BCUT2D eigenvalue weighted by atomic mass is 19.1. The standard InChI is InChI=1S/C13H19FN2O/c1-17-12-6-7-16(8-12)9-13(15)10-2-4-11(14)5-3-10/h2-5,12-13H,6-9,15H2,1H3. The van der Waals surface area contributed by atoms with Crippen LogP contribution in [0.1, 0.15) is 18.0 Å². The van der Waals surface area contributed by atoms with Gasteiger partial charge in [-0.3, -0.25) is 4.90 Å². The van der Waals surface area contributed by atoms with Crippen LogP contribution in [0.25, 0.3) is 0 Å². The molecule has 0 bridgehead atoms. The van der Waals surface area contributed by atoms with E-state index < -0.39 is 0 Å². The molecular weight excluding hydrogens is 219 g/mol. The van der Waals surface area contributed by atoms with E-state index in [0.29, 0.717) is 6.10 Å². The van der Waals surface area contributed by atoms with Gasteiger partial charge in [0.15, 0.2) is 0 Å². The molecule has 4 heteroatoms. The van der Waals surface area contributed by atoms with E-state index in [1.807, 2.05) is 0 Å². The van der Waals surface area contributed by atoms with Crippen molar-refractivity contribution in [2.45, 2.75) is 18.6 Å². The first-order chi connectivity index (χ1) is 8.19. The van der Waals surface area contributed by atoms with Crippen LogP contribution in [0, 0.1) is 5.82 Å². The third-order valence-electron chi connectivity index (χ3n) is 3.32. The van der Waals surface area contributed by atoms with Crippen LogP contribution in [0.2, 0.25) is 0 Å². The molecular formula is C13H19FN2O. The molecule has 0 amide bonds.